The highest BCUT2D eigenvalue weighted by atomic mass is 32.1. The molecule has 0 aliphatic heterocycles. The van der Waals surface area contributed by atoms with Crippen LogP contribution in [0.5, 0.6) is 0 Å². The van der Waals surface area contributed by atoms with Crippen molar-refractivity contribution in [2.75, 3.05) is 5.73 Å². The molecule has 0 atom stereocenters. The van der Waals surface area contributed by atoms with E-state index in [1.807, 2.05) is 0 Å². The van der Waals surface area contributed by atoms with Gasteiger partial charge in [-0.3, -0.25) is 9.59 Å². The number of nitrogen functional groups attached to an aromatic ring is 1. The molecule has 5 nitrogen and oxygen atoms in total. The highest BCUT2D eigenvalue weighted by Crippen LogP contribution is 2.14. The second-order valence-electron chi connectivity index (χ2n) is 1.56. The van der Waals surface area contributed by atoms with Gasteiger partial charge in [0.2, 0.25) is 0 Å². The van der Waals surface area contributed by atoms with Crippen LogP contribution in [0.25, 0.3) is 0 Å². The fourth-order valence-corrected chi connectivity index (χ4v) is 0.935. The van der Waals surface area contributed by atoms with Crippen LogP contribution in [0.2, 0.25) is 0 Å². The van der Waals surface area contributed by atoms with E-state index < -0.39 is 5.91 Å². The van der Waals surface area contributed by atoms with Crippen LogP contribution in [-0.4, -0.2) is 17.2 Å². The zero-order valence-electron chi connectivity index (χ0n) is 5.27. The Morgan fingerprint density at radius 2 is 2.55 bits per heavy atom. The summed E-state index contributed by atoms with van der Waals surface area (Å²) >= 11 is 1.15. The predicted octanol–water partition coefficient (Wildman–Crippen LogP) is -0.403. The van der Waals surface area contributed by atoms with E-state index in [9.17, 15) is 9.59 Å². The van der Waals surface area contributed by atoms with Crippen LogP contribution in [0.4, 0.5) is 10.9 Å². The Balaban J connectivity index is 2.64. The van der Waals surface area contributed by atoms with Crippen molar-refractivity contribution < 1.29 is 9.59 Å². The summed E-state index contributed by atoms with van der Waals surface area (Å²) < 4.78 is 0. The van der Waals surface area contributed by atoms with Gasteiger partial charge in [-0.05, 0) is 0 Å². The van der Waals surface area contributed by atoms with Gasteiger partial charge in [0.15, 0.2) is 10.9 Å². The minimum atomic E-state index is -0.977. The van der Waals surface area contributed by atoms with Gasteiger partial charge in [0.1, 0.15) is 0 Å². The summed E-state index contributed by atoms with van der Waals surface area (Å²) in [5.74, 6) is -0.823. The molecule has 0 fully saturated rings. The van der Waals surface area contributed by atoms with Crippen molar-refractivity contribution in [3.63, 3.8) is 0 Å². The Labute approximate surface area is 66.2 Å². The Hall–Kier alpha value is -1.43. The van der Waals surface area contributed by atoms with Crippen molar-refractivity contribution in [2.24, 2.45) is 0 Å². The Morgan fingerprint density at radius 3 is 3.00 bits per heavy atom. The maximum Gasteiger partial charge on any atom is 0.323 e. The fourth-order valence-electron chi connectivity index (χ4n) is 0.457. The number of nitrogens with two attached hydrogens (primary N) is 1. The predicted molar refractivity (Wildman–Crippen MR) is 39.0 cm³/mol. The first-order chi connectivity index (χ1) is 5.22. The van der Waals surface area contributed by atoms with E-state index in [4.69, 9.17) is 5.73 Å². The molecule has 0 aliphatic carbocycles. The number of carbonyl (C=O) groups is 1. The van der Waals surface area contributed by atoms with E-state index in [0.29, 0.717) is 5.13 Å². The molecule has 0 aromatic carbocycles. The molecule has 1 heterocycles. The van der Waals surface area contributed by atoms with Gasteiger partial charge in [-0.2, -0.15) is 5.32 Å². The molecular formula is C5H3N3O2S. The SMILES string of the molecule is Nc1nc([N]C(=O)[C]=O)cs1. The first kappa shape index (κ1) is 7.67. The number of thiazole rings is 1. The Bertz CT molecular complexity index is 283. The van der Waals surface area contributed by atoms with Gasteiger partial charge in [0.05, 0.1) is 0 Å². The summed E-state index contributed by atoms with van der Waals surface area (Å²) in [6.07, 6.45) is 1.09. The molecule has 1 rings (SSSR count). The molecule has 6 heteroatoms. The normalized spacial score (nSPS) is 9.09. The van der Waals surface area contributed by atoms with Gasteiger partial charge in [-0.1, -0.05) is 0 Å². The van der Waals surface area contributed by atoms with Gasteiger partial charge in [-0.15, -0.1) is 11.3 Å². The molecule has 1 amide bonds. The average molecular weight is 169 g/mol. The topological polar surface area (TPSA) is 87.2 Å². The van der Waals surface area contributed by atoms with Gasteiger partial charge >= 0.3 is 5.91 Å². The van der Waals surface area contributed by atoms with E-state index in [2.05, 4.69) is 10.3 Å². The zero-order chi connectivity index (χ0) is 8.27. The molecule has 0 spiro atoms. The summed E-state index contributed by atoms with van der Waals surface area (Å²) in [5.41, 5.74) is 5.23. The largest absolute Gasteiger partial charge is 0.375 e. The van der Waals surface area contributed by atoms with Crippen molar-refractivity contribution in [2.45, 2.75) is 0 Å². The highest BCUT2D eigenvalue weighted by Gasteiger charge is 2.05. The molecule has 0 saturated heterocycles. The maximum absolute atomic E-state index is 10.3. The lowest BCUT2D eigenvalue weighted by atomic mass is 10.6. The standard InChI is InChI=1S/C5H3N3O2S/c6-5-8-3(2-11-5)7-4(10)1-9/h2H,(H2,6,8). The quantitative estimate of drug-likeness (QED) is 0.610. The second kappa shape index (κ2) is 3.11. The molecule has 2 radical (unpaired) electrons. The smallest absolute Gasteiger partial charge is 0.323 e. The lowest BCUT2D eigenvalue weighted by Crippen LogP contribution is -2.11. The van der Waals surface area contributed by atoms with Crippen LogP contribution in [0, 0.1) is 0 Å². The summed E-state index contributed by atoms with van der Waals surface area (Å²) in [4.78, 5) is 23.6. The van der Waals surface area contributed by atoms with Crippen molar-refractivity contribution in [1.29, 1.82) is 0 Å². The molecule has 0 aliphatic rings. The van der Waals surface area contributed by atoms with E-state index in [0.717, 1.165) is 17.6 Å². The number of aromatic nitrogens is 1. The van der Waals surface area contributed by atoms with Crippen LogP contribution in [0.15, 0.2) is 5.38 Å². The summed E-state index contributed by atoms with van der Waals surface area (Å²) in [7, 11) is 0. The molecule has 1 aromatic rings. The third kappa shape index (κ3) is 2.01. The summed E-state index contributed by atoms with van der Waals surface area (Å²) in [6.45, 7) is 0. The van der Waals surface area contributed by atoms with Gasteiger partial charge in [0, 0.05) is 5.38 Å². The number of hydrogen-bond acceptors (Lipinski definition) is 5. The van der Waals surface area contributed by atoms with Crippen molar-refractivity contribution >= 4 is 34.5 Å². The monoisotopic (exact) mass is 169 g/mol. The van der Waals surface area contributed by atoms with Crippen LogP contribution < -0.4 is 11.1 Å². The lowest BCUT2D eigenvalue weighted by molar-refractivity contribution is -0.114. The van der Waals surface area contributed by atoms with E-state index in [1.54, 1.807) is 0 Å². The van der Waals surface area contributed by atoms with Crippen LogP contribution in [0.3, 0.4) is 0 Å². The zero-order valence-corrected chi connectivity index (χ0v) is 6.09. The molecule has 0 unspecified atom stereocenters. The van der Waals surface area contributed by atoms with Crippen LogP contribution >= 0.6 is 11.3 Å². The summed E-state index contributed by atoms with van der Waals surface area (Å²) in [6, 6.07) is 0. The number of amides is 1. The van der Waals surface area contributed by atoms with E-state index in [1.165, 1.54) is 5.38 Å². The van der Waals surface area contributed by atoms with E-state index in [-0.39, 0.29) is 5.82 Å². The van der Waals surface area contributed by atoms with Gasteiger partial charge in [0.25, 0.3) is 6.29 Å². The number of nitrogens with zero attached hydrogens (tertiary/aromatic N) is 2. The lowest BCUT2D eigenvalue weighted by Gasteiger charge is -1.85. The molecule has 0 bridgehead atoms. The molecule has 0 saturated carbocycles. The minimum Gasteiger partial charge on any atom is -0.375 e. The van der Waals surface area contributed by atoms with Gasteiger partial charge in [-0.25, -0.2) is 4.98 Å². The maximum atomic E-state index is 10.3. The Kier molecular flexibility index (Phi) is 2.17. The van der Waals surface area contributed by atoms with Gasteiger partial charge < -0.3 is 5.73 Å². The van der Waals surface area contributed by atoms with E-state index >= 15 is 0 Å². The van der Waals surface area contributed by atoms with Crippen molar-refractivity contribution in [1.82, 2.24) is 10.3 Å². The molecule has 1 aromatic heterocycles. The van der Waals surface area contributed by atoms with Crippen LogP contribution in [0.1, 0.15) is 0 Å². The molecular weight excluding hydrogens is 166 g/mol. The third-order valence-electron chi connectivity index (χ3n) is 0.813. The number of hydrogen-bond donors (Lipinski definition) is 1. The second-order valence-corrected chi connectivity index (χ2v) is 2.45. The number of rotatable bonds is 2. The molecule has 2 N–H and O–H groups in total. The van der Waals surface area contributed by atoms with Crippen LogP contribution in [-0.2, 0) is 9.59 Å². The first-order valence-electron chi connectivity index (χ1n) is 2.57. The number of anilines is 1. The highest BCUT2D eigenvalue weighted by molar-refractivity contribution is 7.13. The number of carbonyl (C=O) groups excluding carboxylic acids is 2. The molecule has 56 valence electrons. The first-order valence-corrected chi connectivity index (χ1v) is 3.45. The fraction of sp³-hybridized carbons (Fsp3) is 0. The third-order valence-corrected chi connectivity index (χ3v) is 1.47. The minimum absolute atomic E-state index is 0.154. The van der Waals surface area contributed by atoms with Crippen molar-refractivity contribution in [3.8, 4) is 0 Å². The molecule has 11 heavy (non-hydrogen) atoms. The summed E-state index contributed by atoms with van der Waals surface area (Å²) in [5, 5.41) is 5.04. The average Bonchev–Trinajstić information content (AvgIpc) is 2.35. The van der Waals surface area contributed by atoms with Crippen molar-refractivity contribution in [3.05, 3.63) is 5.38 Å². The Morgan fingerprint density at radius 1 is 1.82 bits per heavy atom.